The number of benzene rings is 1. The predicted octanol–water partition coefficient (Wildman–Crippen LogP) is 2.51. The minimum absolute atomic E-state index is 0.255. The largest absolute Gasteiger partial charge is 0.325 e. The van der Waals surface area contributed by atoms with Crippen LogP contribution < -0.4 is 5.32 Å². The maximum absolute atomic E-state index is 13.0. The van der Waals surface area contributed by atoms with Crippen molar-refractivity contribution in [2.45, 2.75) is 51.0 Å². The second-order valence-electron chi connectivity index (χ2n) is 7.93. The molecule has 2 aliphatic heterocycles. The first-order valence-corrected chi connectivity index (χ1v) is 10.1. The third-order valence-electron chi connectivity index (χ3n) is 6.27. The molecule has 0 atom stereocenters. The van der Waals surface area contributed by atoms with Crippen LogP contribution in [0, 0.1) is 5.92 Å². The summed E-state index contributed by atoms with van der Waals surface area (Å²) in [6.45, 7) is 2.37. The van der Waals surface area contributed by atoms with Crippen molar-refractivity contribution in [3.05, 3.63) is 35.9 Å². The summed E-state index contributed by atoms with van der Waals surface area (Å²) >= 11 is 0. The molecule has 1 aromatic rings. The van der Waals surface area contributed by atoms with Crippen molar-refractivity contribution in [3.8, 4) is 0 Å². The summed E-state index contributed by atoms with van der Waals surface area (Å²) in [5.41, 5.74) is 1.02. The highest BCUT2D eigenvalue weighted by Gasteiger charge is 2.52. The Hall–Kier alpha value is -2.70. The van der Waals surface area contributed by atoms with Gasteiger partial charge in [0.25, 0.3) is 11.8 Å². The summed E-state index contributed by atoms with van der Waals surface area (Å²) in [6, 6.07) is 9.26. The Kier molecular flexibility index (Phi) is 4.91. The molecule has 1 N–H and O–H groups in total. The van der Waals surface area contributed by atoms with Crippen LogP contribution in [0.15, 0.2) is 35.4 Å². The maximum Gasteiger partial charge on any atom is 0.325 e. The minimum Gasteiger partial charge on any atom is -0.323 e. The molecule has 4 rings (SSSR count). The monoisotopic (exact) mass is 382 g/mol. The van der Waals surface area contributed by atoms with Gasteiger partial charge in [-0.05, 0) is 37.2 Å². The predicted molar refractivity (Wildman–Crippen MR) is 105 cm³/mol. The summed E-state index contributed by atoms with van der Waals surface area (Å²) in [6.07, 6.45) is 4.93. The topological polar surface area (TPSA) is 82.1 Å². The van der Waals surface area contributed by atoms with E-state index in [1.807, 2.05) is 30.3 Å². The number of carbonyl (C=O) groups is 3. The lowest BCUT2D eigenvalue weighted by molar-refractivity contribution is -0.139. The molecule has 0 aromatic heterocycles. The molecule has 2 heterocycles. The molecule has 1 aliphatic carbocycles. The Morgan fingerprint density at radius 1 is 1.21 bits per heavy atom. The zero-order chi connectivity index (χ0) is 19.7. The molecule has 3 aliphatic rings. The molecule has 7 heteroatoms. The number of urea groups is 1. The van der Waals surface area contributed by atoms with E-state index in [9.17, 15) is 14.4 Å². The van der Waals surface area contributed by atoms with Crippen LogP contribution in [0.1, 0.15) is 51.0 Å². The quantitative estimate of drug-likeness (QED) is 0.813. The minimum atomic E-state index is -0.813. The molecule has 4 amide bonds. The van der Waals surface area contributed by atoms with Gasteiger partial charge in [0.2, 0.25) is 0 Å². The van der Waals surface area contributed by atoms with Crippen LogP contribution in [0.3, 0.4) is 0 Å². The number of amides is 4. The van der Waals surface area contributed by atoms with Gasteiger partial charge in [-0.2, -0.15) is 5.10 Å². The normalized spacial score (nSPS) is 27.3. The summed E-state index contributed by atoms with van der Waals surface area (Å²) < 4.78 is 0. The number of hydrazone groups is 1. The maximum atomic E-state index is 13.0. The van der Waals surface area contributed by atoms with E-state index >= 15 is 0 Å². The second kappa shape index (κ2) is 7.37. The van der Waals surface area contributed by atoms with E-state index in [-0.39, 0.29) is 18.4 Å². The van der Waals surface area contributed by atoms with Gasteiger partial charge in [0.15, 0.2) is 0 Å². The second-order valence-corrected chi connectivity index (χ2v) is 7.93. The van der Waals surface area contributed by atoms with Gasteiger partial charge in [-0.1, -0.05) is 43.7 Å². The number of rotatable bonds is 4. The average molecular weight is 382 g/mol. The van der Waals surface area contributed by atoms with Crippen LogP contribution in [-0.2, 0) is 9.59 Å². The first-order valence-electron chi connectivity index (χ1n) is 10.1. The lowest BCUT2D eigenvalue weighted by Gasteiger charge is -2.34. The van der Waals surface area contributed by atoms with Crippen LogP contribution in [0.5, 0.6) is 0 Å². The van der Waals surface area contributed by atoms with Gasteiger partial charge in [0, 0.05) is 6.42 Å². The number of nitrogens with zero attached hydrogens (tertiary/aromatic N) is 3. The van der Waals surface area contributed by atoms with Crippen molar-refractivity contribution in [3.63, 3.8) is 0 Å². The summed E-state index contributed by atoms with van der Waals surface area (Å²) in [5, 5.41) is 8.66. The van der Waals surface area contributed by atoms with Gasteiger partial charge >= 0.3 is 6.03 Å². The summed E-state index contributed by atoms with van der Waals surface area (Å²) in [5.74, 6) is 0.0296. The molecule has 2 fully saturated rings. The standard InChI is InChI=1S/C21H26N4O3/c1-2-15-8-11-21(12-9-15)19(27)24(20(28)22-21)14-18(26)25-13-10-17(23-25)16-6-4-3-5-7-16/h3-7,15H,2,8-14H2,1H3,(H,22,28). The third-order valence-corrected chi connectivity index (χ3v) is 6.27. The highest BCUT2D eigenvalue weighted by molar-refractivity contribution is 6.09. The number of hydrogen-bond acceptors (Lipinski definition) is 4. The molecule has 0 bridgehead atoms. The molecule has 148 valence electrons. The zero-order valence-electron chi connectivity index (χ0n) is 16.2. The number of imide groups is 1. The molecule has 7 nitrogen and oxygen atoms in total. The highest BCUT2D eigenvalue weighted by Crippen LogP contribution is 2.37. The molecule has 0 radical (unpaired) electrons. The van der Waals surface area contributed by atoms with E-state index < -0.39 is 11.6 Å². The lowest BCUT2D eigenvalue weighted by atomic mass is 9.75. The van der Waals surface area contributed by atoms with Gasteiger partial charge in [0.1, 0.15) is 12.1 Å². The Morgan fingerprint density at radius 3 is 2.61 bits per heavy atom. The van der Waals surface area contributed by atoms with Crippen LogP contribution >= 0.6 is 0 Å². The third kappa shape index (κ3) is 3.30. The Balaban J connectivity index is 1.42. The molecule has 1 spiro atoms. The fourth-order valence-corrected chi connectivity index (χ4v) is 4.42. The van der Waals surface area contributed by atoms with E-state index in [1.165, 1.54) is 5.01 Å². The van der Waals surface area contributed by atoms with Gasteiger partial charge < -0.3 is 5.32 Å². The molecule has 0 unspecified atom stereocenters. The molecular weight excluding hydrogens is 356 g/mol. The highest BCUT2D eigenvalue weighted by atomic mass is 16.2. The van der Waals surface area contributed by atoms with Crippen LogP contribution in [0.2, 0.25) is 0 Å². The van der Waals surface area contributed by atoms with Gasteiger partial charge in [-0.15, -0.1) is 0 Å². The Labute approximate surface area is 164 Å². The van der Waals surface area contributed by atoms with E-state index in [4.69, 9.17) is 0 Å². The fourth-order valence-electron chi connectivity index (χ4n) is 4.42. The van der Waals surface area contributed by atoms with Crippen molar-refractivity contribution in [2.24, 2.45) is 11.0 Å². The SMILES string of the molecule is CCC1CCC2(CC1)NC(=O)N(CC(=O)N1CCC(c3ccccc3)=N1)C2=O. The van der Waals surface area contributed by atoms with Crippen molar-refractivity contribution >= 4 is 23.6 Å². The van der Waals surface area contributed by atoms with E-state index in [1.54, 1.807) is 0 Å². The lowest BCUT2D eigenvalue weighted by Crippen LogP contribution is -2.50. The zero-order valence-corrected chi connectivity index (χ0v) is 16.2. The number of nitrogens with one attached hydrogen (secondary N) is 1. The molecule has 1 saturated heterocycles. The molecular formula is C21H26N4O3. The smallest absolute Gasteiger partial charge is 0.323 e. The Morgan fingerprint density at radius 2 is 1.93 bits per heavy atom. The average Bonchev–Trinajstić information content (AvgIpc) is 3.30. The van der Waals surface area contributed by atoms with Crippen molar-refractivity contribution in [1.29, 1.82) is 0 Å². The number of hydrogen-bond donors (Lipinski definition) is 1. The van der Waals surface area contributed by atoms with Crippen LogP contribution in [-0.4, -0.2) is 52.1 Å². The molecule has 1 saturated carbocycles. The fraction of sp³-hybridized carbons (Fsp3) is 0.524. The van der Waals surface area contributed by atoms with Crippen molar-refractivity contribution in [2.75, 3.05) is 13.1 Å². The van der Waals surface area contributed by atoms with E-state index in [0.29, 0.717) is 31.7 Å². The van der Waals surface area contributed by atoms with Crippen molar-refractivity contribution < 1.29 is 14.4 Å². The molecule has 1 aromatic carbocycles. The summed E-state index contributed by atoms with van der Waals surface area (Å²) in [7, 11) is 0. The van der Waals surface area contributed by atoms with Crippen molar-refractivity contribution in [1.82, 2.24) is 15.2 Å². The summed E-state index contributed by atoms with van der Waals surface area (Å²) in [4.78, 5) is 39.2. The van der Waals surface area contributed by atoms with Gasteiger partial charge in [0.05, 0.1) is 12.3 Å². The van der Waals surface area contributed by atoms with Crippen LogP contribution in [0.25, 0.3) is 0 Å². The molecule has 28 heavy (non-hydrogen) atoms. The van der Waals surface area contributed by atoms with Crippen LogP contribution in [0.4, 0.5) is 4.79 Å². The van der Waals surface area contributed by atoms with E-state index in [2.05, 4.69) is 17.3 Å². The first-order chi connectivity index (χ1) is 13.5. The first kappa shape index (κ1) is 18.7. The van der Waals surface area contributed by atoms with Gasteiger partial charge in [-0.25, -0.2) is 9.80 Å². The van der Waals surface area contributed by atoms with E-state index in [0.717, 1.165) is 35.4 Å². The van der Waals surface area contributed by atoms with Gasteiger partial charge in [-0.3, -0.25) is 14.5 Å². The Bertz CT molecular complexity index is 812. The number of carbonyl (C=O) groups excluding carboxylic acids is 3.